The van der Waals surface area contributed by atoms with Crippen LogP contribution in [0.3, 0.4) is 0 Å². The van der Waals surface area contributed by atoms with Crippen LogP contribution in [0.1, 0.15) is 45.4 Å². The minimum absolute atomic E-state index is 0.126. The molecule has 0 aliphatic heterocycles. The molecule has 2 aliphatic carbocycles. The van der Waals surface area contributed by atoms with Crippen LogP contribution >= 0.6 is 0 Å². The molecule has 0 bridgehead atoms. The number of rotatable bonds is 3. The predicted octanol–water partition coefficient (Wildman–Crippen LogP) is 2.02. The third-order valence-electron chi connectivity index (χ3n) is 4.13. The lowest BCUT2D eigenvalue weighted by Gasteiger charge is -2.40. The summed E-state index contributed by atoms with van der Waals surface area (Å²) in [5, 5.41) is 12.5. The number of hydrogen-bond donors (Lipinski definition) is 2. The molecule has 2 N–H and O–H groups in total. The molecule has 3 heteroatoms. The second kappa shape index (κ2) is 4.52. The molecule has 15 heavy (non-hydrogen) atoms. The van der Waals surface area contributed by atoms with Gasteiger partial charge in [0.1, 0.15) is 0 Å². The van der Waals surface area contributed by atoms with Crippen molar-refractivity contribution >= 4 is 5.97 Å². The van der Waals surface area contributed by atoms with Crippen molar-refractivity contribution < 1.29 is 9.90 Å². The Balaban J connectivity index is 1.83. The molecule has 2 aliphatic rings. The maximum atomic E-state index is 10.9. The van der Waals surface area contributed by atoms with Gasteiger partial charge in [-0.2, -0.15) is 0 Å². The largest absolute Gasteiger partial charge is 0.481 e. The van der Waals surface area contributed by atoms with Crippen molar-refractivity contribution in [3.63, 3.8) is 0 Å². The van der Waals surface area contributed by atoms with Gasteiger partial charge in [-0.05, 0) is 31.6 Å². The van der Waals surface area contributed by atoms with Crippen LogP contribution < -0.4 is 5.32 Å². The summed E-state index contributed by atoms with van der Waals surface area (Å²) in [5.74, 6) is -0.0323. The summed E-state index contributed by atoms with van der Waals surface area (Å²) in [6.07, 6.45) is 7.05. The van der Waals surface area contributed by atoms with E-state index in [2.05, 4.69) is 12.2 Å². The van der Waals surface area contributed by atoms with Crippen molar-refractivity contribution in [2.75, 3.05) is 0 Å². The molecule has 2 saturated carbocycles. The normalized spacial score (nSPS) is 40.9. The van der Waals surface area contributed by atoms with Crippen LogP contribution in [-0.2, 0) is 4.79 Å². The van der Waals surface area contributed by atoms with Gasteiger partial charge >= 0.3 is 5.97 Å². The molecular formula is C12H21NO2. The highest BCUT2D eigenvalue weighted by Crippen LogP contribution is 2.31. The van der Waals surface area contributed by atoms with Gasteiger partial charge in [-0.25, -0.2) is 0 Å². The van der Waals surface area contributed by atoms with Gasteiger partial charge in [0.2, 0.25) is 0 Å². The first kappa shape index (κ1) is 10.9. The first-order chi connectivity index (χ1) is 7.18. The van der Waals surface area contributed by atoms with E-state index in [1.165, 1.54) is 25.7 Å². The average Bonchev–Trinajstić information content (AvgIpc) is 2.13. The van der Waals surface area contributed by atoms with E-state index in [0.29, 0.717) is 12.0 Å². The topological polar surface area (TPSA) is 49.3 Å². The van der Waals surface area contributed by atoms with Gasteiger partial charge in [-0.3, -0.25) is 4.79 Å². The molecule has 3 nitrogen and oxygen atoms in total. The van der Waals surface area contributed by atoms with Crippen molar-refractivity contribution in [1.82, 2.24) is 5.32 Å². The number of carboxylic acids is 1. The maximum Gasteiger partial charge on any atom is 0.308 e. The molecule has 0 saturated heterocycles. The fourth-order valence-electron chi connectivity index (χ4n) is 2.83. The van der Waals surface area contributed by atoms with Crippen molar-refractivity contribution in [3.8, 4) is 0 Å². The van der Waals surface area contributed by atoms with E-state index in [1.807, 2.05) is 0 Å². The van der Waals surface area contributed by atoms with E-state index in [1.54, 1.807) is 0 Å². The molecule has 0 heterocycles. The highest BCUT2D eigenvalue weighted by Gasteiger charge is 2.38. The minimum Gasteiger partial charge on any atom is -0.481 e. The fourth-order valence-corrected chi connectivity index (χ4v) is 2.83. The molecular weight excluding hydrogens is 190 g/mol. The summed E-state index contributed by atoms with van der Waals surface area (Å²) in [7, 11) is 0. The van der Waals surface area contributed by atoms with E-state index in [9.17, 15) is 4.79 Å². The van der Waals surface area contributed by atoms with Crippen molar-refractivity contribution in [2.24, 2.45) is 11.8 Å². The molecule has 0 aromatic carbocycles. The van der Waals surface area contributed by atoms with Gasteiger partial charge in [0.05, 0.1) is 5.92 Å². The summed E-state index contributed by atoms with van der Waals surface area (Å²) in [5.41, 5.74) is 0. The third kappa shape index (κ3) is 2.33. The van der Waals surface area contributed by atoms with Crippen LogP contribution in [0, 0.1) is 11.8 Å². The molecule has 0 aromatic rings. The van der Waals surface area contributed by atoms with Crippen molar-refractivity contribution in [1.29, 1.82) is 0 Å². The Morgan fingerprint density at radius 3 is 2.40 bits per heavy atom. The zero-order valence-electron chi connectivity index (χ0n) is 9.41. The first-order valence-corrected chi connectivity index (χ1v) is 6.17. The van der Waals surface area contributed by atoms with Gasteiger partial charge in [0.25, 0.3) is 0 Å². The molecule has 4 unspecified atom stereocenters. The van der Waals surface area contributed by atoms with Gasteiger partial charge in [-0.1, -0.05) is 19.8 Å². The Hall–Kier alpha value is -0.570. The lowest BCUT2D eigenvalue weighted by Crippen LogP contribution is -2.53. The highest BCUT2D eigenvalue weighted by atomic mass is 16.4. The van der Waals surface area contributed by atoms with E-state index < -0.39 is 5.97 Å². The molecule has 2 rings (SSSR count). The van der Waals surface area contributed by atoms with Crippen LogP contribution in [-0.4, -0.2) is 23.2 Å². The molecule has 0 amide bonds. The number of hydrogen-bond acceptors (Lipinski definition) is 2. The van der Waals surface area contributed by atoms with E-state index >= 15 is 0 Å². The smallest absolute Gasteiger partial charge is 0.308 e. The van der Waals surface area contributed by atoms with Gasteiger partial charge in [0, 0.05) is 12.1 Å². The number of carboxylic acid groups (broad SMARTS) is 1. The average molecular weight is 211 g/mol. The van der Waals surface area contributed by atoms with E-state index in [-0.39, 0.29) is 12.0 Å². The monoisotopic (exact) mass is 211 g/mol. The summed E-state index contributed by atoms with van der Waals surface area (Å²) < 4.78 is 0. The zero-order chi connectivity index (χ0) is 10.8. The standard InChI is InChI=1S/C12H21NO2/c1-8-4-2-3-5-10(8)13-11-7-6-9(11)12(14)15/h8-11,13H,2-7H2,1H3,(H,14,15). The quantitative estimate of drug-likeness (QED) is 0.751. The Morgan fingerprint density at radius 1 is 1.13 bits per heavy atom. The van der Waals surface area contributed by atoms with Crippen LogP contribution in [0.15, 0.2) is 0 Å². The highest BCUT2D eigenvalue weighted by molar-refractivity contribution is 5.72. The summed E-state index contributed by atoms with van der Waals surface area (Å²) in [6.45, 7) is 2.28. The van der Waals surface area contributed by atoms with Crippen LogP contribution in [0.5, 0.6) is 0 Å². The first-order valence-electron chi connectivity index (χ1n) is 6.17. The Morgan fingerprint density at radius 2 is 1.87 bits per heavy atom. The maximum absolute atomic E-state index is 10.9. The number of carbonyl (C=O) groups is 1. The predicted molar refractivity (Wildman–Crippen MR) is 58.7 cm³/mol. The molecule has 2 fully saturated rings. The fraction of sp³-hybridized carbons (Fsp3) is 0.917. The SMILES string of the molecule is CC1CCCCC1NC1CCC1C(=O)O. The molecule has 4 atom stereocenters. The Labute approximate surface area is 91.2 Å². The Kier molecular flexibility index (Phi) is 3.29. The molecule has 0 radical (unpaired) electrons. The number of aliphatic carboxylic acids is 1. The lowest BCUT2D eigenvalue weighted by molar-refractivity contribution is -0.146. The van der Waals surface area contributed by atoms with Crippen LogP contribution in [0.2, 0.25) is 0 Å². The van der Waals surface area contributed by atoms with Gasteiger partial charge in [-0.15, -0.1) is 0 Å². The van der Waals surface area contributed by atoms with Crippen LogP contribution in [0.4, 0.5) is 0 Å². The van der Waals surface area contributed by atoms with Gasteiger partial charge < -0.3 is 10.4 Å². The Bertz CT molecular complexity index is 242. The molecule has 86 valence electrons. The summed E-state index contributed by atoms with van der Waals surface area (Å²) in [6, 6.07) is 0.805. The minimum atomic E-state index is -0.623. The van der Waals surface area contributed by atoms with E-state index in [0.717, 1.165) is 12.8 Å². The second-order valence-electron chi connectivity index (χ2n) is 5.16. The van der Waals surface area contributed by atoms with Crippen molar-refractivity contribution in [3.05, 3.63) is 0 Å². The van der Waals surface area contributed by atoms with E-state index in [4.69, 9.17) is 5.11 Å². The summed E-state index contributed by atoms with van der Waals surface area (Å²) in [4.78, 5) is 10.9. The number of nitrogens with one attached hydrogen (secondary N) is 1. The zero-order valence-corrected chi connectivity index (χ0v) is 9.41. The lowest BCUT2D eigenvalue weighted by atomic mass is 9.77. The van der Waals surface area contributed by atoms with Crippen LogP contribution in [0.25, 0.3) is 0 Å². The third-order valence-corrected chi connectivity index (χ3v) is 4.13. The van der Waals surface area contributed by atoms with Gasteiger partial charge in [0.15, 0.2) is 0 Å². The van der Waals surface area contributed by atoms with Crippen molar-refractivity contribution in [2.45, 2.75) is 57.5 Å². The second-order valence-corrected chi connectivity index (χ2v) is 5.16. The summed E-state index contributed by atoms with van der Waals surface area (Å²) >= 11 is 0. The molecule has 0 spiro atoms. The molecule has 0 aromatic heterocycles.